The summed E-state index contributed by atoms with van der Waals surface area (Å²) in [6.07, 6.45) is 1.75. The summed E-state index contributed by atoms with van der Waals surface area (Å²) in [6.45, 7) is 6.85. The first-order valence-electron chi connectivity index (χ1n) is 6.11. The number of nitrogens with one attached hydrogen (secondary N) is 1. The van der Waals surface area contributed by atoms with Gasteiger partial charge in [-0.25, -0.2) is 4.98 Å². The van der Waals surface area contributed by atoms with Gasteiger partial charge in [0.25, 0.3) is 0 Å². The Morgan fingerprint density at radius 3 is 2.89 bits per heavy atom. The molecule has 0 radical (unpaired) electrons. The first kappa shape index (κ1) is 12.9. The third kappa shape index (κ3) is 3.01. The third-order valence-electron chi connectivity index (χ3n) is 2.61. The second-order valence-corrected chi connectivity index (χ2v) is 5.42. The minimum absolute atomic E-state index is 0.257. The monoisotopic (exact) mass is 262 g/mol. The Bertz CT molecular complexity index is 510. The molecule has 2 aromatic heterocycles. The van der Waals surface area contributed by atoms with Crippen LogP contribution in [0.25, 0.3) is 0 Å². The van der Waals surface area contributed by atoms with Gasteiger partial charge >= 0.3 is 0 Å². The molecule has 0 spiro atoms. The van der Waals surface area contributed by atoms with Crippen LogP contribution in [-0.2, 0) is 0 Å². The van der Waals surface area contributed by atoms with E-state index in [1.807, 2.05) is 30.4 Å². The van der Waals surface area contributed by atoms with E-state index in [2.05, 4.69) is 36.3 Å². The summed E-state index contributed by atoms with van der Waals surface area (Å²) in [4.78, 5) is 6.89. The predicted octanol–water partition coefficient (Wildman–Crippen LogP) is 4.02. The van der Waals surface area contributed by atoms with E-state index in [9.17, 15) is 0 Å². The number of pyridine rings is 1. The number of thiophene rings is 1. The quantitative estimate of drug-likeness (QED) is 0.883. The van der Waals surface area contributed by atoms with Crippen LogP contribution in [0.4, 0.5) is 5.69 Å². The van der Waals surface area contributed by atoms with Gasteiger partial charge in [-0.1, -0.05) is 0 Å². The van der Waals surface area contributed by atoms with Crippen LogP contribution >= 0.6 is 11.3 Å². The van der Waals surface area contributed by atoms with Crippen molar-refractivity contribution in [2.75, 3.05) is 11.9 Å². The third-order valence-corrected chi connectivity index (χ3v) is 3.80. The Morgan fingerprint density at radius 2 is 2.22 bits per heavy atom. The summed E-state index contributed by atoms with van der Waals surface area (Å²) in [5, 5.41) is 3.45. The summed E-state index contributed by atoms with van der Waals surface area (Å²) < 4.78 is 5.51. The van der Waals surface area contributed by atoms with Gasteiger partial charge < -0.3 is 10.1 Å². The van der Waals surface area contributed by atoms with Crippen molar-refractivity contribution in [1.82, 2.24) is 4.98 Å². The van der Waals surface area contributed by atoms with Crippen molar-refractivity contribution in [2.45, 2.75) is 26.8 Å². The zero-order valence-electron chi connectivity index (χ0n) is 10.9. The lowest BCUT2D eigenvalue weighted by Crippen LogP contribution is -2.07. The second-order valence-electron chi connectivity index (χ2n) is 4.10. The Morgan fingerprint density at radius 1 is 1.39 bits per heavy atom. The number of anilines is 1. The normalized spacial score (nSPS) is 12.2. The maximum absolute atomic E-state index is 5.51. The number of aryl methyl sites for hydroxylation is 1. The second kappa shape index (κ2) is 5.87. The first-order valence-corrected chi connectivity index (χ1v) is 6.93. The molecule has 4 heteroatoms. The minimum atomic E-state index is 0.257. The van der Waals surface area contributed by atoms with Gasteiger partial charge in [-0.2, -0.15) is 0 Å². The van der Waals surface area contributed by atoms with E-state index in [0.29, 0.717) is 12.5 Å². The highest BCUT2D eigenvalue weighted by molar-refractivity contribution is 7.12. The molecule has 96 valence electrons. The molecule has 0 amide bonds. The van der Waals surface area contributed by atoms with Crippen molar-refractivity contribution in [3.8, 4) is 5.88 Å². The summed E-state index contributed by atoms with van der Waals surface area (Å²) in [5.74, 6) is 0.667. The molecule has 0 fully saturated rings. The van der Waals surface area contributed by atoms with Crippen LogP contribution in [0, 0.1) is 6.92 Å². The van der Waals surface area contributed by atoms with E-state index in [-0.39, 0.29) is 6.04 Å². The standard InChI is InChI=1S/C14H18N2OS/c1-4-17-14-12(6-5-9-15-14)16-11(3)13-8-7-10(2)18-13/h5-9,11,16H,4H2,1-3H3. The number of rotatable bonds is 5. The fourth-order valence-electron chi connectivity index (χ4n) is 1.74. The van der Waals surface area contributed by atoms with Crippen molar-refractivity contribution in [3.05, 3.63) is 40.2 Å². The highest BCUT2D eigenvalue weighted by Gasteiger charge is 2.11. The van der Waals surface area contributed by atoms with Crippen molar-refractivity contribution in [3.63, 3.8) is 0 Å². The number of nitrogens with zero attached hydrogens (tertiary/aromatic N) is 1. The summed E-state index contributed by atoms with van der Waals surface area (Å²) >= 11 is 1.81. The maximum atomic E-state index is 5.51. The fourth-order valence-corrected chi connectivity index (χ4v) is 2.62. The lowest BCUT2D eigenvalue weighted by molar-refractivity contribution is 0.328. The maximum Gasteiger partial charge on any atom is 0.237 e. The molecule has 0 bridgehead atoms. The van der Waals surface area contributed by atoms with Crippen LogP contribution in [0.3, 0.4) is 0 Å². The van der Waals surface area contributed by atoms with Gasteiger partial charge in [-0.05, 0) is 45.0 Å². The number of aromatic nitrogens is 1. The van der Waals surface area contributed by atoms with Crippen LogP contribution in [0.5, 0.6) is 5.88 Å². The average Bonchev–Trinajstić information content (AvgIpc) is 2.79. The number of hydrogen-bond acceptors (Lipinski definition) is 4. The van der Waals surface area contributed by atoms with Crippen LogP contribution in [0.1, 0.15) is 29.6 Å². The SMILES string of the molecule is CCOc1ncccc1NC(C)c1ccc(C)s1. The largest absolute Gasteiger partial charge is 0.476 e. The molecule has 1 N–H and O–H groups in total. The van der Waals surface area contributed by atoms with Crippen LogP contribution in [-0.4, -0.2) is 11.6 Å². The average molecular weight is 262 g/mol. The summed E-state index contributed by atoms with van der Waals surface area (Å²) in [7, 11) is 0. The van der Waals surface area contributed by atoms with E-state index >= 15 is 0 Å². The predicted molar refractivity (Wildman–Crippen MR) is 76.5 cm³/mol. The van der Waals surface area contributed by atoms with E-state index in [4.69, 9.17) is 4.74 Å². The number of ether oxygens (including phenoxy) is 1. The van der Waals surface area contributed by atoms with Crippen molar-refractivity contribution in [1.29, 1.82) is 0 Å². The Labute approximate surface area is 112 Å². The molecular weight excluding hydrogens is 244 g/mol. The van der Waals surface area contributed by atoms with Crippen LogP contribution in [0.2, 0.25) is 0 Å². The fraction of sp³-hybridized carbons (Fsp3) is 0.357. The van der Waals surface area contributed by atoms with Gasteiger partial charge in [0.05, 0.1) is 18.3 Å². The molecule has 2 rings (SSSR count). The van der Waals surface area contributed by atoms with Crippen LogP contribution in [0.15, 0.2) is 30.5 Å². The molecule has 0 aromatic carbocycles. The molecule has 0 aliphatic carbocycles. The molecule has 18 heavy (non-hydrogen) atoms. The summed E-state index contributed by atoms with van der Waals surface area (Å²) in [5.41, 5.74) is 0.943. The highest BCUT2D eigenvalue weighted by Crippen LogP contribution is 2.29. The molecule has 1 atom stereocenters. The zero-order valence-corrected chi connectivity index (χ0v) is 11.8. The minimum Gasteiger partial charge on any atom is -0.476 e. The Balaban J connectivity index is 2.13. The van der Waals surface area contributed by atoms with Crippen molar-refractivity contribution in [2.24, 2.45) is 0 Å². The van der Waals surface area contributed by atoms with Gasteiger partial charge in [-0.3, -0.25) is 0 Å². The molecule has 0 saturated heterocycles. The smallest absolute Gasteiger partial charge is 0.237 e. The molecule has 2 heterocycles. The first-order chi connectivity index (χ1) is 8.70. The van der Waals surface area contributed by atoms with Gasteiger partial charge in [0.2, 0.25) is 5.88 Å². The molecule has 2 aromatic rings. The van der Waals surface area contributed by atoms with Crippen LogP contribution < -0.4 is 10.1 Å². The molecule has 0 saturated carbocycles. The molecular formula is C14H18N2OS. The van der Waals surface area contributed by atoms with Crippen molar-refractivity contribution < 1.29 is 4.74 Å². The van der Waals surface area contributed by atoms with E-state index in [0.717, 1.165) is 5.69 Å². The van der Waals surface area contributed by atoms with Gasteiger partial charge in [0.1, 0.15) is 0 Å². The molecule has 0 aliphatic heterocycles. The topological polar surface area (TPSA) is 34.1 Å². The van der Waals surface area contributed by atoms with Gasteiger partial charge in [0.15, 0.2) is 0 Å². The van der Waals surface area contributed by atoms with Crippen molar-refractivity contribution >= 4 is 17.0 Å². The molecule has 3 nitrogen and oxygen atoms in total. The Hall–Kier alpha value is -1.55. The molecule has 1 unspecified atom stereocenters. The highest BCUT2D eigenvalue weighted by atomic mass is 32.1. The molecule has 0 aliphatic rings. The van der Waals surface area contributed by atoms with E-state index in [1.54, 1.807) is 6.20 Å². The number of hydrogen-bond donors (Lipinski definition) is 1. The lowest BCUT2D eigenvalue weighted by atomic mass is 10.2. The summed E-state index contributed by atoms with van der Waals surface area (Å²) in [6, 6.07) is 8.47. The Kier molecular flexibility index (Phi) is 4.20. The van der Waals surface area contributed by atoms with E-state index < -0.39 is 0 Å². The van der Waals surface area contributed by atoms with Gasteiger partial charge in [0, 0.05) is 16.0 Å². The van der Waals surface area contributed by atoms with E-state index in [1.165, 1.54) is 9.75 Å². The zero-order chi connectivity index (χ0) is 13.0. The van der Waals surface area contributed by atoms with Gasteiger partial charge in [-0.15, -0.1) is 11.3 Å². The lowest BCUT2D eigenvalue weighted by Gasteiger charge is -2.16.